The highest BCUT2D eigenvalue weighted by molar-refractivity contribution is 5.94. The molecule has 1 aliphatic heterocycles. The number of benzene rings is 1. The average Bonchev–Trinajstić information content (AvgIpc) is 3.43. The zero-order valence-electron chi connectivity index (χ0n) is 17.7. The maximum absolute atomic E-state index is 12.3. The van der Waals surface area contributed by atoms with Crippen molar-refractivity contribution >= 4 is 11.9 Å². The lowest BCUT2D eigenvalue weighted by atomic mass is 10.1. The van der Waals surface area contributed by atoms with E-state index in [0.29, 0.717) is 30.4 Å². The number of guanidine groups is 1. The fourth-order valence-corrected chi connectivity index (χ4v) is 3.68. The predicted molar refractivity (Wildman–Crippen MR) is 116 cm³/mol. The highest BCUT2D eigenvalue weighted by atomic mass is 16.5. The number of rotatable bonds is 10. The lowest BCUT2D eigenvalue weighted by molar-refractivity contribution is 0.0953. The van der Waals surface area contributed by atoms with Gasteiger partial charge in [0.2, 0.25) is 11.7 Å². The molecule has 1 aromatic heterocycles. The zero-order chi connectivity index (χ0) is 21.3. The predicted octanol–water partition coefficient (Wildman–Crippen LogP) is 3.51. The minimum Gasteiger partial charge on any atom is -0.370 e. The van der Waals surface area contributed by atoms with E-state index in [9.17, 15) is 4.79 Å². The summed E-state index contributed by atoms with van der Waals surface area (Å²) in [6, 6.07) is 7.25. The van der Waals surface area contributed by atoms with Crippen LogP contribution in [0.2, 0.25) is 0 Å². The largest absolute Gasteiger partial charge is 0.370 e. The number of unbranched alkanes of at least 4 members (excludes halogenated alkanes) is 5. The van der Waals surface area contributed by atoms with E-state index in [1.807, 2.05) is 12.1 Å². The molecule has 0 saturated carbocycles. The molecule has 1 unspecified atom stereocenters. The summed E-state index contributed by atoms with van der Waals surface area (Å²) in [5.41, 5.74) is 6.98. The van der Waals surface area contributed by atoms with E-state index in [-0.39, 0.29) is 17.8 Å². The highest BCUT2D eigenvalue weighted by Crippen LogP contribution is 2.27. The monoisotopic (exact) mass is 412 g/mol. The van der Waals surface area contributed by atoms with Crippen LogP contribution in [0.15, 0.2) is 28.8 Å². The Labute approximate surface area is 177 Å². The van der Waals surface area contributed by atoms with Gasteiger partial charge in [0.1, 0.15) is 0 Å². The normalized spacial score (nSPS) is 16.0. The first-order valence-electron chi connectivity index (χ1n) is 10.9. The van der Waals surface area contributed by atoms with Gasteiger partial charge >= 0.3 is 0 Å². The van der Waals surface area contributed by atoms with Gasteiger partial charge in [0, 0.05) is 30.8 Å². The van der Waals surface area contributed by atoms with Crippen LogP contribution >= 0.6 is 0 Å². The minimum absolute atomic E-state index is 0.0563. The number of nitrogens with one attached hydrogen (secondary N) is 2. The Morgan fingerprint density at radius 2 is 1.97 bits per heavy atom. The van der Waals surface area contributed by atoms with Gasteiger partial charge in [0.05, 0.1) is 5.92 Å². The summed E-state index contributed by atoms with van der Waals surface area (Å²) >= 11 is 0. The summed E-state index contributed by atoms with van der Waals surface area (Å²) in [4.78, 5) is 18.6. The van der Waals surface area contributed by atoms with Crippen molar-refractivity contribution in [2.45, 2.75) is 57.8 Å². The van der Waals surface area contributed by atoms with Crippen LogP contribution in [-0.2, 0) is 0 Å². The van der Waals surface area contributed by atoms with E-state index in [2.05, 4.69) is 22.4 Å². The molecule has 3 rings (SSSR count). The van der Waals surface area contributed by atoms with E-state index in [0.717, 1.165) is 31.4 Å². The zero-order valence-corrected chi connectivity index (χ0v) is 17.7. The fraction of sp³-hybridized carbons (Fsp3) is 0.545. The average molecular weight is 413 g/mol. The quantitative estimate of drug-likeness (QED) is 0.312. The molecule has 0 spiro atoms. The summed E-state index contributed by atoms with van der Waals surface area (Å²) in [5, 5.41) is 14.6. The van der Waals surface area contributed by atoms with Gasteiger partial charge in [0.15, 0.2) is 5.96 Å². The molecule has 1 aliphatic rings. The summed E-state index contributed by atoms with van der Waals surface area (Å²) in [6.07, 6.45) is 8.05. The molecule has 0 aliphatic carbocycles. The molecule has 162 valence electrons. The molecule has 2 heterocycles. The van der Waals surface area contributed by atoms with E-state index in [1.165, 1.54) is 25.7 Å². The number of nitrogens with zero attached hydrogens (tertiary/aromatic N) is 3. The Balaban J connectivity index is 1.48. The van der Waals surface area contributed by atoms with Crippen molar-refractivity contribution in [2.75, 3.05) is 19.6 Å². The molecule has 8 nitrogen and oxygen atoms in total. The van der Waals surface area contributed by atoms with Crippen molar-refractivity contribution in [2.24, 2.45) is 5.73 Å². The van der Waals surface area contributed by atoms with Crippen molar-refractivity contribution in [3.05, 3.63) is 35.7 Å². The summed E-state index contributed by atoms with van der Waals surface area (Å²) in [6.45, 7) is 4.26. The molecular weight excluding hydrogens is 380 g/mol. The molecule has 1 saturated heterocycles. The molecule has 1 atom stereocenters. The van der Waals surface area contributed by atoms with Gasteiger partial charge in [-0.25, -0.2) is 0 Å². The van der Waals surface area contributed by atoms with Crippen molar-refractivity contribution in [3.8, 4) is 11.4 Å². The molecule has 0 radical (unpaired) electrons. The van der Waals surface area contributed by atoms with Crippen molar-refractivity contribution in [3.63, 3.8) is 0 Å². The Morgan fingerprint density at radius 1 is 1.23 bits per heavy atom. The van der Waals surface area contributed by atoms with E-state index < -0.39 is 0 Å². The summed E-state index contributed by atoms with van der Waals surface area (Å²) in [7, 11) is 0. The SMILES string of the molecule is CCCCCCCCNC(=O)c1ccc(-c2noc(C3CCN(C(=N)N)C3)n2)cc1. The number of carbonyl (C=O) groups is 1. The maximum Gasteiger partial charge on any atom is 0.251 e. The Kier molecular flexibility index (Phi) is 7.82. The molecule has 8 heteroatoms. The van der Waals surface area contributed by atoms with Gasteiger partial charge in [0.25, 0.3) is 5.91 Å². The molecular formula is C22H32N6O2. The Bertz CT molecular complexity index is 832. The number of hydrogen-bond donors (Lipinski definition) is 3. The second-order valence-electron chi connectivity index (χ2n) is 7.87. The fourth-order valence-electron chi connectivity index (χ4n) is 3.68. The Hall–Kier alpha value is -2.90. The van der Waals surface area contributed by atoms with Gasteiger partial charge in [-0.1, -0.05) is 56.3 Å². The third-order valence-electron chi connectivity index (χ3n) is 5.54. The minimum atomic E-state index is -0.0563. The first-order chi connectivity index (χ1) is 14.6. The van der Waals surface area contributed by atoms with Crippen LogP contribution in [0.3, 0.4) is 0 Å². The van der Waals surface area contributed by atoms with Crippen LogP contribution in [0.4, 0.5) is 0 Å². The Morgan fingerprint density at radius 3 is 2.67 bits per heavy atom. The van der Waals surface area contributed by atoms with Gasteiger partial charge in [-0.3, -0.25) is 10.2 Å². The van der Waals surface area contributed by atoms with Crippen LogP contribution in [0, 0.1) is 5.41 Å². The molecule has 2 aromatic rings. The first kappa shape index (κ1) is 21.8. The number of nitrogens with two attached hydrogens (primary N) is 1. The molecule has 1 amide bonds. The number of hydrogen-bond acceptors (Lipinski definition) is 5. The third-order valence-corrected chi connectivity index (χ3v) is 5.54. The van der Waals surface area contributed by atoms with Gasteiger partial charge in [-0.05, 0) is 25.0 Å². The lowest BCUT2D eigenvalue weighted by Crippen LogP contribution is -2.34. The smallest absolute Gasteiger partial charge is 0.251 e. The van der Waals surface area contributed by atoms with Crippen molar-refractivity contribution in [1.29, 1.82) is 5.41 Å². The maximum atomic E-state index is 12.3. The van der Waals surface area contributed by atoms with Crippen LogP contribution in [0.25, 0.3) is 11.4 Å². The highest BCUT2D eigenvalue weighted by Gasteiger charge is 2.29. The van der Waals surface area contributed by atoms with Gasteiger partial charge in [-0.15, -0.1) is 0 Å². The van der Waals surface area contributed by atoms with Crippen LogP contribution in [-0.4, -0.2) is 46.5 Å². The van der Waals surface area contributed by atoms with E-state index in [4.69, 9.17) is 15.7 Å². The van der Waals surface area contributed by atoms with Crippen molar-refractivity contribution < 1.29 is 9.32 Å². The topological polar surface area (TPSA) is 121 Å². The number of likely N-dealkylation sites (tertiary alicyclic amines) is 1. The first-order valence-corrected chi connectivity index (χ1v) is 10.9. The molecule has 1 fully saturated rings. The molecule has 30 heavy (non-hydrogen) atoms. The lowest BCUT2D eigenvalue weighted by Gasteiger charge is -2.14. The summed E-state index contributed by atoms with van der Waals surface area (Å²) < 4.78 is 5.43. The second-order valence-corrected chi connectivity index (χ2v) is 7.87. The standard InChI is InChI=1S/C22H32N6O2/c1-2-3-4-5-6-7-13-25-20(29)17-10-8-16(9-11-17)19-26-21(30-27-19)18-12-14-28(15-18)22(23)24/h8-11,18H,2-7,12-15H2,1H3,(H3,23,24)(H,25,29). The number of aromatic nitrogens is 2. The van der Waals surface area contributed by atoms with Gasteiger partial charge in [-0.2, -0.15) is 4.98 Å². The van der Waals surface area contributed by atoms with Gasteiger partial charge < -0.3 is 20.5 Å². The molecule has 4 N–H and O–H groups in total. The molecule has 1 aromatic carbocycles. The van der Waals surface area contributed by atoms with E-state index in [1.54, 1.807) is 17.0 Å². The van der Waals surface area contributed by atoms with Crippen LogP contribution in [0.5, 0.6) is 0 Å². The molecule has 0 bridgehead atoms. The second kappa shape index (κ2) is 10.8. The number of amides is 1. The number of carbonyl (C=O) groups excluding carboxylic acids is 1. The third kappa shape index (κ3) is 5.81. The summed E-state index contributed by atoms with van der Waals surface area (Å²) in [5.74, 6) is 1.17. The van der Waals surface area contributed by atoms with Crippen LogP contribution in [0.1, 0.15) is 74.0 Å². The van der Waals surface area contributed by atoms with Crippen molar-refractivity contribution in [1.82, 2.24) is 20.4 Å². The van der Waals surface area contributed by atoms with Crippen LogP contribution < -0.4 is 11.1 Å². The van der Waals surface area contributed by atoms with E-state index >= 15 is 0 Å².